The molecule has 2 rings (SSSR count). The molecule has 136 valence electrons. The van der Waals surface area contributed by atoms with Crippen LogP contribution in [0.25, 0.3) is 0 Å². The van der Waals surface area contributed by atoms with E-state index in [1.165, 1.54) is 4.90 Å². The van der Waals surface area contributed by atoms with E-state index < -0.39 is 12.7 Å². The van der Waals surface area contributed by atoms with Gasteiger partial charge in [-0.3, -0.25) is 9.89 Å². The fourth-order valence-corrected chi connectivity index (χ4v) is 4.14. The van der Waals surface area contributed by atoms with Crippen LogP contribution in [0.4, 0.5) is 13.2 Å². The maximum Gasteiger partial charge on any atom is 0.401 e. The monoisotopic (exact) mass is 466 g/mol. The van der Waals surface area contributed by atoms with Crippen molar-refractivity contribution in [3.05, 3.63) is 0 Å². The van der Waals surface area contributed by atoms with E-state index in [2.05, 4.69) is 29.1 Å². The Balaban J connectivity index is 0.00000264. The van der Waals surface area contributed by atoms with Gasteiger partial charge in [-0.1, -0.05) is 0 Å². The molecule has 0 aromatic rings. The third-order valence-corrected chi connectivity index (χ3v) is 5.24. The molecule has 2 fully saturated rings. The van der Waals surface area contributed by atoms with Crippen molar-refractivity contribution in [1.82, 2.24) is 15.1 Å². The van der Waals surface area contributed by atoms with Crippen LogP contribution in [0.3, 0.4) is 0 Å². The highest BCUT2D eigenvalue weighted by Crippen LogP contribution is 2.29. The molecule has 9 heteroatoms. The highest BCUT2D eigenvalue weighted by Gasteiger charge is 2.35. The summed E-state index contributed by atoms with van der Waals surface area (Å²) in [5, 5.41) is 3.35. The average Bonchev–Trinajstić information content (AvgIpc) is 2.79. The number of hydrogen-bond donors (Lipinski definition) is 1. The van der Waals surface area contributed by atoms with E-state index in [-0.39, 0.29) is 34.8 Å². The maximum atomic E-state index is 12.4. The lowest BCUT2D eigenvalue weighted by molar-refractivity contribution is -0.143. The smallest absolute Gasteiger partial charge is 0.352 e. The van der Waals surface area contributed by atoms with Gasteiger partial charge in [0.15, 0.2) is 5.96 Å². The molecule has 2 saturated heterocycles. The zero-order valence-electron chi connectivity index (χ0n) is 13.8. The molecular formula is C14H26F3IN4S. The number of nitrogens with one attached hydrogen (secondary N) is 1. The molecule has 2 aliphatic rings. The van der Waals surface area contributed by atoms with Gasteiger partial charge in [-0.05, 0) is 20.3 Å². The molecule has 0 amide bonds. The lowest BCUT2D eigenvalue weighted by Crippen LogP contribution is -2.53. The van der Waals surface area contributed by atoms with Gasteiger partial charge < -0.3 is 10.2 Å². The van der Waals surface area contributed by atoms with E-state index in [1.807, 2.05) is 11.8 Å². The van der Waals surface area contributed by atoms with Crippen LogP contribution in [0, 0.1) is 0 Å². The summed E-state index contributed by atoms with van der Waals surface area (Å²) in [7, 11) is 1.74. The molecule has 2 aliphatic heterocycles. The van der Waals surface area contributed by atoms with E-state index in [0.29, 0.717) is 13.1 Å². The largest absolute Gasteiger partial charge is 0.401 e. The number of nitrogens with zero attached hydrogens (tertiary/aromatic N) is 3. The third kappa shape index (κ3) is 6.85. The summed E-state index contributed by atoms with van der Waals surface area (Å²) in [5.74, 6) is 1.85. The van der Waals surface area contributed by atoms with Crippen LogP contribution in [-0.2, 0) is 0 Å². The summed E-state index contributed by atoms with van der Waals surface area (Å²) in [5.41, 5.74) is 0. The first-order valence-electron chi connectivity index (χ1n) is 7.60. The predicted octanol–water partition coefficient (Wildman–Crippen LogP) is 2.64. The van der Waals surface area contributed by atoms with Gasteiger partial charge in [0.2, 0.25) is 0 Å². The molecule has 0 aliphatic carbocycles. The molecule has 0 saturated carbocycles. The van der Waals surface area contributed by atoms with Gasteiger partial charge in [0, 0.05) is 49.8 Å². The van der Waals surface area contributed by atoms with Crippen LogP contribution in [0.15, 0.2) is 4.99 Å². The van der Waals surface area contributed by atoms with Crippen molar-refractivity contribution in [3.8, 4) is 0 Å². The van der Waals surface area contributed by atoms with Crippen molar-refractivity contribution in [3.63, 3.8) is 0 Å². The highest BCUT2D eigenvalue weighted by atomic mass is 127. The molecule has 4 nitrogen and oxygen atoms in total. The standard InChI is InChI=1S/C14H25F3N4S.HI/c1-13(2)9-21(6-7-22-13)12(18-3)19-11-4-5-20(8-11)10-14(15,16)17;/h11H,4-10H2,1-3H3,(H,18,19);1H. The number of hydrogen-bond acceptors (Lipinski definition) is 3. The Kier molecular flexibility index (Phi) is 7.78. The van der Waals surface area contributed by atoms with Crippen LogP contribution in [-0.4, -0.2) is 78.2 Å². The molecular weight excluding hydrogens is 440 g/mol. The Morgan fingerprint density at radius 2 is 2.04 bits per heavy atom. The second-order valence-corrected chi connectivity index (χ2v) is 8.36. The van der Waals surface area contributed by atoms with Crippen molar-refractivity contribution >= 4 is 41.7 Å². The molecule has 2 heterocycles. The zero-order chi connectivity index (χ0) is 16.4. The quantitative estimate of drug-likeness (QED) is 0.385. The van der Waals surface area contributed by atoms with Gasteiger partial charge in [0.1, 0.15) is 0 Å². The minimum Gasteiger partial charge on any atom is -0.352 e. The van der Waals surface area contributed by atoms with Crippen molar-refractivity contribution in [2.45, 2.75) is 37.2 Å². The fraction of sp³-hybridized carbons (Fsp3) is 0.929. The molecule has 0 aromatic heterocycles. The number of likely N-dealkylation sites (tertiary alicyclic amines) is 1. The summed E-state index contributed by atoms with van der Waals surface area (Å²) in [6.07, 6.45) is -3.40. The Labute approximate surface area is 157 Å². The van der Waals surface area contributed by atoms with Crippen LogP contribution in [0.5, 0.6) is 0 Å². The van der Waals surface area contributed by atoms with E-state index in [9.17, 15) is 13.2 Å². The molecule has 1 N–H and O–H groups in total. The minimum atomic E-state index is -4.12. The van der Waals surface area contributed by atoms with Gasteiger partial charge in [0.25, 0.3) is 0 Å². The summed E-state index contributed by atoms with van der Waals surface area (Å²) >= 11 is 1.94. The van der Waals surface area contributed by atoms with Gasteiger partial charge in [-0.25, -0.2) is 0 Å². The van der Waals surface area contributed by atoms with Crippen molar-refractivity contribution in [1.29, 1.82) is 0 Å². The van der Waals surface area contributed by atoms with Crippen LogP contribution >= 0.6 is 35.7 Å². The van der Waals surface area contributed by atoms with Gasteiger partial charge >= 0.3 is 6.18 Å². The van der Waals surface area contributed by atoms with Crippen LogP contribution < -0.4 is 5.32 Å². The Bertz CT molecular complexity index is 417. The highest BCUT2D eigenvalue weighted by molar-refractivity contribution is 14.0. The number of guanidine groups is 1. The first-order valence-corrected chi connectivity index (χ1v) is 8.58. The predicted molar refractivity (Wildman–Crippen MR) is 101 cm³/mol. The second kappa shape index (κ2) is 8.46. The zero-order valence-corrected chi connectivity index (χ0v) is 17.0. The van der Waals surface area contributed by atoms with E-state index in [4.69, 9.17) is 0 Å². The number of rotatable bonds is 2. The van der Waals surface area contributed by atoms with Crippen molar-refractivity contribution < 1.29 is 13.2 Å². The van der Waals surface area contributed by atoms with E-state index in [0.717, 1.165) is 31.2 Å². The lowest BCUT2D eigenvalue weighted by Gasteiger charge is -2.39. The first kappa shape index (κ1) is 21.1. The number of aliphatic imine (C=N–C) groups is 1. The second-order valence-electron chi connectivity index (χ2n) is 6.56. The molecule has 1 atom stereocenters. The Morgan fingerprint density at radius 1 is 1.35 bits per heavy atom. The molecule has 0 radical (unpaired) electrons. The van der Waals surface area contributed by atoms with E-state index >= 15 is 0 Å². The van der Waals surface area contributed by atoms with Crippen LogP contribution in [0.1, 0.15) is 20.3 Å². The fourth-order valence-electron chi connectivity index (χ4n) is 3.02. The topological polar surface area (TPSA) is 30.9 Å². The average molecular weight is 466 g/mol. The number of alkyl halides is 3. The first-order chi connectivity index (χ1) is 10.2. The lowest BCUT2D eigenvalue weighted by atomic mass is 10.2. The molecule has 0 spiro atoms. The van der Waals surface area contributed by atoms with Gasteiger partial charge in [-0.2, -0.15) is 24.9 Å². The summed E-state index contributed by atoms with van der Waals surface area (Å²) < 4.78 is 37.5. The number of halogens is 4. The Morgan fingerprint density at radius 3 is 2.61 bits per heavy atom. The van der Waals surface area contributed by atoms with E-state index in [1.54, 1.807) is 7.05 Å². The van der Waals surface area contributed by atoms with Crippen LogP contribution in [0.2, 0.25) is 0 Å². The van der Waals surface area contributed by atoms with Crippen molar-refractivity contribution in [2.75, 3.05) is 45.5 Å². The molecule has 1 unspecified atom stereocenters. The summed E-state index contributed by atoms with van der Waals surface area (Å²) in [6.45, 7) is 6.32. The SMILES string of the molecule is CN=C(NC1CCN(CC(F)(F)F)C1)N1CCSC(C)(C)C1.I. The number of thioether (sulfide) groups is 1. The van der Waals surface area contributed by atoms with Gasteiger partial charge in [0.05, 0.1) is 6.54 Å². The molecule has 0 aromatic carbocycles. The van der Waals surface area contributed by atoms with Crippen molar-refractivity contribution in [2.24, 2.45) is 4.99 Å². The normalized spacial score (nSPS) is 26.1. The molecule has 23 heavy (non-hydrogen) atoms. The molecule has 0 bridgehead atoms. The Hall–Kier alpha value is 0.1000. The summed E-state index contributed by atoms with van der Waals surface area (Å²) in [6, 6.07) is 0.0405. The maximum absolute atomic E-state index is 12.4. The third-order valence-electron chi connectivity index (χ3n) is 3.95. The summed E-state index contributed by atoms with van der Waals surface area (Å²) in [4.78, 5) is 7.99. The minimum absolute atomic E-state index is 0. The van der Waals surface area contributed by atoms with Gasteiger partial charge in [-0.15, -0.1) is 24.0 Å².